The number of rotatable bonds is 5. The summed E-state index contributed by atoms with van der Waals surface area (Å²) in [5.74, 6) is -3.93. The van der Waals surface area contributed by atoms with E-state index >= 15 is 0 Å². The summed E-state index contributed by atoms with van der Waals surface area (Å²) in [6, 6.07) is 6.22. The lowest BCUT2D eigenvalue weighted by atomic mass is 9.82. The second-order valence-electron chi connectivity index (χ2n) is 9.45. The quantitative estimate of drug-likeness (QED) is 0.332. The van der Waals surface area contributed by atoms with Crippen LogP contribution in [-0.2, 0) is 10.2 Å². The summed E-state index contributed by atoms with van der Waals surface area (Å²) in [7, 11) is 0. The fourth-order valence-electron chi connectivity index (χ4n) is 4.90. The molecule has 2 fully saturated rings. The number of aromatic amines is 1. The van der Waals surface area contributed by atoms with Crippen molar-refractivity contribution in [3.05, 3.63) is 53.9 Å². The zero-order valence-electron chi connectivity index (χ0n) is 18.5. The Hall–Kier alpha value is -3.76. The number of aliphatic carboxylic acids is 1. The molecule has 6 rings (SSSR count). The first-order chi connectivity index (χ1) is 17.1. The predicted octanol–water partition coefficient (Wildman–Crippen LogP) is 5.89. The Morgan fingerprint density at radius 3 is 2.47 bits per heavy atom. The zero-order valence-corrected chi connectivity index (χ0v) is 18.5. The van der Waals surface area contributed by atoms with Crippen molar-refractivity contribution in [3.8, 4) is 17.0 Å². The minimum absolute atomic E-state index is 0.0474. The number of nitrogens with zero attached hydrogens (tertiary/aromatic N) is 2. The van der Waals surface area contributed by atoms with Crippen LogP contribution >= 0.6 is 0 Å². The molecule has 0 amide bonds. The van der Waals surface area contributed by atoms with Crippen molar-refractivity contribution in [2.75, 3.05) is 0 Å². The molecule has 2 aromatic carbocycles. The molecular formula is C25H18F5N3O3. The fraction of sp³-hybridized carbons (Fsp3) is 0.320. The molecule has 0 saturated heterocycles. The number of nitrogens with one attached hydrogen (secondary N) is 1. The summed E-state index contributed by atoms with van der Waals surface area (Å²) in [6.07, 6.45) is -3.66. The SMILES string of the molecule is O=C(O)C1CC(Oc2nc(C3(C(F)(F)F)CC3)c(-c3ccc(F)c(F)c3)c3cc4cn[nH]c4cc23)C1. The van der Waals surface area contributed by atoms with Gasteiger partial charge in [-0.3, -0.25) is 9.89 Å². The fourth-order valence-corrected chi connectivity index (χ4v) is 4.90. The van der Waals surface area contributed by atoms with Crippen molar-refractivity contribution in [2.45, 2.75) is 43.4 Å². The van der Waals surface area contributed by atoms with Gasteiger partial charge in [0.25, 0.3) is 0 Å². The number of carboxylic acid groups (broad SMARTS) is 1. The summed E-state index contributed by atoms with van der Waals surface area (Å²) < 4.78 is 77.0. The van der Waals surface area contributed by atoms with E-state index < -0.39 is 41.2 Å². The maximum absolute atomic E-state index is 14.3. The number of fused-ring (bicyclic) bond motifs is 2. The van der Waals surface area contributed by atoms with Gasteiger partial charge in [-0.1, -0.05) is 6.07 Å². The molecule has 36 heavy (non-hydrogen) atoms. The number of carbonyl (C=O) groups is 1. The van der Waals surface area contributed by atoms with Gasteiger partial charge in [-0.2, -0.15) is 18.3 Å². The van der Waals surface area contributed by atoms with Gasteiger partial charge in [-0.25, -0.2) is 13.8 Å². The Morgan fingerprint density at radius 1 is 1.08 bits per heavy atom. The molecule has 4 aromatic rings. The van der Waals surface area contributed by atoms with Gasteiger partial charge in [-0.15, -0.1) is 0 Å². The Bertz CT molecular complexity index is 1540. The lowest BCUT2D eigenvalue weighted by Crippen LogP contribution is -2.38. The standard InChI is InChI=1S/C25H18F5N3O3/c26-17-2-1-11(8-18(17)27)20-15-7-13-10-31-33-19(13)9-16(15)22(36-14-5-12(6-14)23(34)35)32-21(20)24(3-4-24)25(28,29)30/h1-2,7-10,12,14H,3-6H2,(H,31,33)(H,34,35). The average Bonchev–Trinajstić information content (AvgIpc) is 3.49. The Balaban J connectivity index is 1.63. The largest absolute Gasteiger partial charge is 0.481 e. The number of aromatic nitrogens is 3. The van der Waals surface area contributed by atoms with E-state index in [1.165, 1.54) is 12.3 Å². The molecule has 0 spiro atoms. The molecule has 186 valence electrons. The molecular weight excluding hydrogens is 485 g/mol. The minimum atomic E-state index is -4.64. The summed E-state index contributed by atoms with van der Waals surface area (Å²) in [4.78, 5) is 15.6. The van der Waals surface area contributed by atoms with Crippen LogP contribution in [0.5, 0.6) is 5.88 Å². The third-order valence-corrected chi connectivity index (χ3v) is 7.20. The second kappa shape index (κ2) is 7.62. The smallest absolute Gasteiger partial charge is 0.399 e. The van der Waals surface area contributed by atoms with Crippen molar-refractivity contribution < 1.29 is 36.6 Å². The van der Waals surface area contributed by atoms with Crippen LogP contribution in [0.3, 0.4) is 0 Å². The Morgan fingerprint density at radius 2 is 1.83 bits per heavy atom. The van der Waals surface area contributed by atoms with E-state index in [-0.39, 0.29) is 48.4 Å². The molecule has 0 unspecified atom stereocenters. The number of benzene rings is 2. The molecule has 2 N–H and O–H groups in total. The van der Waals surface area contributed by atoms with Crippen molar-refractivity contribution >= 4 is 27.6 Å². The number of hydrogen-bond donors (Lipinski definition) is 2. The van der Waals surface area contributed by atoms with Crippen molar-refractivity contribution in [1.29, 1.82) is 0 Å². The lowest BCUT2D eigenvalue weighted by Gasteiger charge is -2.33. The second-order valence-corrected chi connectivity index (χ2v) is 9.45. The van der Waals surface area contributed by atoms with Crippen LogP contribution in [0.2, 0.25) is 0 Å². The van der Waals surface area contributed by atoms with E-state index in [1.807, 2.05) is 0 Å². The zero-order chi connectivity index (χ0) is 25.4. The van der Waals surface area contributed by atoms with Crippen molar-refractivity contribution in [2.24, 2.45) is 5.92 Å². The van der Waals surface area contributed by atoms with Gasteiger partial charge < -0.3 is 9.84 Å². The van der Waals surface area contributed by atoms with Crippen LogP contribution in [-0.4, -0.2) is 38.5 Å². The van der Waals surface area contributed by atoms with E-state index in [4.69, 9.17) is 4.74 Å². The number of alkyl halides is 3. The van der Waals surface area contributed by atoms with E-state index in [2.05, 4.69) is 15.2 Å². The predicted molar refractivity (Wildman–Crippen MR) is 118 cm³/mol. The molecule has 2 aliphatic carbocycles. The van der Waals surface area contributed by atoms with E-state index in [0.717, 1.165) is 12.1 Å². The van der Waals surface area contributed by atoms with Crippen LogP contribution in [0, 0.1) is 17.6 Å². The highest BCUT2D eigenvalue weighted by Crippen LogP contribution is 2.61. The lowest BCUT2D eigenvalue weighted by molar-refractivity contribution is -0.161. The number of hydrogen-bond acceptors (Lipinski definition) is 4. The molecule has 11 heteroatoms. The first-order valence-electron chi connectivity index (χ1n) is 11.3. The number of halogens is 5. The number of pyridine rings is 1. The van der Waals surface area contributed by atoms with Crippen molar-refractivity contribution in [3.63, 3.8) is 0 Å². The maximum Gasteiger partial charge on any atom is 0.399 e. The molecule has 0 aliphatic heterocycles. The van der Waals surface area contributed by atoms with Gasteiger partial charge in [0.1, 0.15) is 11.5 Å². The number of H-pyrrole nitrogens is 1. The molecule has 0 bridgehead atoms. The monoisotopic (exact) mass is 503 g/mol. The molecule has 2 heterocycles. The third-order valence-electron chi connectivity index (χ3n) is 7.20. The van der Waals surface area contributed by atoms with E-state index in [0.29, 0.717) is 21.7 Å². The molecule has 0 radical (unpaired) electrons. The third kappa shape index (κ3) is 3.40. The Labute approximate surface area is 200 Å². The average molecular weight is 503 g/mol. The Kier molecular flexibility index (Phi) is 4.80. The summed E-state index contributed by atoms with van der Waals surface area (Å²) in [6.45, 7) is 0. The normalized spacial score (nSPS) is 20.9. The van der Waals surface area contributed by atoms with Gasteiger partial charge in [0.05, 0.1) is 23.3 Å². The molecule has 2 saturated carbocycles. The van der Waals surface area contributed by atoms with Crippen LogP contribution in [0.25, 0.3) is 32.8 Å². The molecule has 6 nitrogen and oxygen atoms in total. The maximum atomic E-state index is 14.3. The highest BCUT2D eigenvalue weighted by Gasteiger charge is 2.66. The van der Waals surface area contributed by atoms with Crippen LogP contribution in [0.15, 0.2) is 36.5 Å². The molecule has 2 aliphatic rings. The highest BCUT2D eigenvalue weighted by atomic mass is 19.4. The van der Waals surface area contributed by atoms with Gasteiger partial charge in [-0.05, 0) is 60.9 Å². The van der Waals surface area contributed by atoms with Crippen molar-refractivity contribution in [1.82, 2.24) is 15.2 Å². The molecule has 2 aromatic heterocycles. The molecule has 0 atom stereocenters. The van der Waals surface area contributed by atoms with Gasteiger partial charge >= 0.3 is 12.1 Å². The van der Waals surface area contributed by atoms with Crippen LogP contribution in [0.4, 0.5) is 22.0 Å². The summed E-state index contributed by atoms with van der Waals surface area (Å²) in [5.41, 5.74) is -1.90. The summed E-state index contributed by atoms with van der Waals surface area (Å²) >= 11 is 0. The topological polar surface area (TPSA) is 88.1 Å². The van der Waals surface area contributed by atoms with Gasteiger partial charge in [0.2, 0.25) is 5.88 Å². The van der Waals surface area contributed by atoms with Gasteiger partial charge in [0, 0.05) is 16.3 Å². The first kappa shape index (κ1) is 22.7. The van der Waals surface area contributed by atoms with E-state index in [9.17, 15) is 31.9 Å². The number of carboxylic acids is 1. The van der Waals surface area contributed by atoms with Gasteiger partial charge in [0.15, 0.2) is 11.6 Å². The van der Waals surface area contributed by atoms with E-state index in [1.54, 1.807) is 12.1 Å². The highest BCUT2D eigenvalue weighted by molar-refractivity contribution is 6.07. The first-order valence-corrected chi connectivity index (χ1v) is 11.3. The minimum Gasteiger partial charge on any atom is -0.481 e. The number of ether oxygens (including phenoxy) is 1. The van der Waals surface area contributed by atoms with Crippen LogP contribution < -0.4 is 4.74 Å². The summed E-state index contributed by atoms with van der Waals surface area (Å²) in [5, 5.41) is 17.2. The van der Waals surface area contributed by atoms with Crippen LogP contribution in [0.1, 0.15) is 31.4 Å².